The lowest BCUT2D eigenvalue weighted by Crippen LogP contribution is -1.95. The van der Waals surface area contributed by atoms with Gasteiger partial charge in [0.2, 0.25) is 0 Å². The predicted molar refractivity (Wildman–Crippen MR) is 259 cm³/mol. The molecule has 12 rings (SSSR count). The molecule has 0 bridgehead atoms. The van der Waals surface area contributed by atoms with Gasteiger partial charge in [-0.3, -0.25) is 0 Å². The molecule has 282 valence electrons. The quantitative estimate of drug-likeness (QED) is 0.120. The van der Waals surface area contributed by atoms with Crippen molar-refractivity contribution in [3.05, 3.63) is 216 Å². The molecular weight excluding hydrogens is 847 g/mol. The standard InChI is InChI=1S/C56H34FIN2/c57-39-25-30-54-50(33-39)49-32-38(24-29-53(49)60(54)42-14-10-13-40(58)34-42)37-23-28-52-48(31-37)43-15-8-9-20-51(43)59(52)41-26-21-36(22-27-41)56-46-18-6-4-16-44(46)55(35-11-2-1-3-12-35)45-17-5-7-19-47(45)56/h1-34H. The summed E-state index contributed by atoms with van der Waals surface area (Å²) in [4.78, 5) is 0. The SMILES string of the molecule is Fc1ccc2c(c1)c1cc(-c3ccc4c(c3)c3ccccc3n4-c3ccc(-c4c5ccccc5c(-c5ccccc5)c5ccccc45)cc3)ccc1n2-c1cccc(I)c1. The predicted octanol–water partition coefficient (Wildman–Crippen LogP) is 15.9. The first-order valence-electron chi connectivity index (χ1n) is 20.2. The van der Waals surface area contributed by atoms with Crippen molar-refractivity contribution in [1.82, 2.24) is 9.13 Å². The molecule has 0 spiro atoms. The Morgan fingerprint density at radius 2 is 0.750 bits per heavy atom. The molecule has 60 heavy (non-hydrogen) atoms. The minimum Gasteiger partial charge on any atom is -0.309 e. The summed E-state index contributed by atoms with van der Waals surface area (Å²) < 4.78 is 20.6. The van der Waals surface area contributed by atoms with E-state index in [1.54, 1.807) is 12.1 Å². The Morgan fingerprint density at radius 1 is 0.300 bits per heavy atom. The van der Waals surface area contributed by atoms with Gasteiger partial charge in [-0.15, -0.1) is 0 Å². The molecular formula is C56H34FIN2. The van der Waals surface area contributed by atoms with Gasteiger partial charge in [-0.05, 0) is 156 Å². The molecule has 0 saturated heterocycles. The summed E-state index contributed by atoms with van der Waals surface area (Å²) in [5, 5.41) is 9.31. The molecule has 0 atom stereocenters. The Balaban J connectivity index is 0.992. The third-order valence-electron chi connectivity index (χ3n) is 12.2. The van der Waals surface area contributed by atoms with Crippen LogP contribution in [0.3, 0.4) is 0 Å². The van der Waals surface area contributed by atoms with E-state index >= 15 is 0 Å². The van der Waals surface area contributed by atoms with Crippen LogP contribution in [0.15, 0.2) is 206 Å². The molecule has 2 heterocycles. The van der Waals surface area contributed by atoms with Crippen molar-refractivity contribution in [3.63, 3.8) is 0 Å². The molecule has 0 fully saturated rings. The average Bonchev–Trinajstić information content (AvgIpc) is 3.80. The first-order valence-corrected chi connectivity index (χ1v) is 21.3. The number of para-hydroxylation sites is 1. The fourth-order valence-electron chi connectivity index (χ4n) is 9.63. The van der Waals surface area contributed by atoms with Crippen LogP contribution in [-0.4, -0.2) is 9.13 Å². The van der Waals surface area contributed by atoms with E-state index in [1.165, 1.54) is 54.6 Å². The molecule has 0 aliphatic heterocycles. The maximum atomic E-state index is 14.8. The van der Waals surface area contributed by atoms with Gasteiger partial charge < -0.3 is 9.13 Å². The van der Waals surface area contributed by atoms with Crippen LogP contribution in [0.25, 0.3) is 110 Å². The maximum absolute atomic E-state index is 14.8. The van der Waals surface area contributed by atoms with Crippen molar-refractivity contribution < 1.29 is 4.39 Å². The maximum Gasteiger partial charge on any atom is 0.123 e. The van der Waals surface area contributed by atoms with Gasteiger partial charge in [0.15, 0.2) is 0 Å². The second kappa shape index (κ2) is 13.8. The zero-order valence-electron chi connectivity index (χ0n) is 32.3. The van der Waals surface area contributed by atoms with Crippen molar-refractivity contribution in [1.29, 1.82) is 0 Å². The normalized spacial score (nSPS) is 11.8. The van der Waals surface area contributed by atoms with Crippen LogP contribution in [0, 0.1) is 9.39 Å². The molecule has 10 aromatic carbocycles. The summed E-state index contributed by atoms with van der Waals surface area (Å²) in [6.45, 7) is 0. The summed E-state index contributed by atoms with van der Waals surface area (Å²) in [6, 6.07) is 73.1. The third-order valence-corrected chi connectivity index (χ3v) is 12.9. The highest BCUT2D eigenvalue weighted by molar-refractivity contribution is 14.1. The average molecular weight is 881 g/mol. The van der Waals surface area contributed by atoms with Gasteiger partial charge in [0.1, 0.15) is 5.82 Å². The molecule has 2 nitrogen and oxygen atoms in total. The topological polar surface area (TPSA) is 9.86 Å². The summed E-state index contributed by atoms with van der Waals surface area (Å²) >= 11 is 2.35. The van der Waals surface area contributed by atoms with Crippen LogP contribution in [-0.2, 0) is 0 Å². The van der Waals surface area contributed by atoms with E-state index in [-0.39, 0.29) is 5.82 Å². The molecule has 0 saturated carbocycles. The highest BCUT2D eigenvalue weighted by Gasteiger charge is 2.19. The van der Waals surface area contributed by atoms with E-state index in [0.29, 0.717) is 0 Å². The summed E-state index contributed by atoms with van der Waals surface area (Å²) in [6.07, 6.45) is 0. The molecule has 12 aromatic rings. The van der Waals surface area contributed by atoms with Gasteiger partial charge in [0, 0.05) is 36.5 Å². The van der Waals surface area contributed by atoms with Crippen LogP contribution in [0.4, 0.5) is 4.39 Å². The first-order chi connectivity index (χ1) is 29.6. The number of rotatable bonds is 5. The summed E-state index contributed by atoms with van der Waals surface area (Å²) in [5.74, 6) is -0.237. The number of halogens is 2. The minimum atomic E-state index is -0.237. The fraction of sp³-hybridized carbons (Fsp3) is 0. The van der Waals surface area contributed by atoms with Gasteiger partial charge in [-0.2, -0.15) is 0 Å². The summed E-state index contributed by atoms with van der Waals surface area (Å²) in [7, 11) is 0. The van der Waals surface area contributed by atoms with E-state index in [4.69, 9.17) is 0 Å². The van der Waals surface area contributed by atoms with Gasteiger partial charge in [0.25, 0.3) is 0 Å². The van der Waals surface area contributed by atoms with E-state index in [1.807, 2.05) is 6.07 Å². The molecule has 0 aliphatic rings. The van der Waals surface area contributed by atoms with Crippen molar-refractivity contribution in [2.75, 3.05) is 0 Å². The summed E-state index contributed by atoms with van der Waals surface area (Å²) in [5.41, 5.74) is 13.7. The Bertz CT molecular complexity index is 3620. The lowest BCUT2D eigenvalue weighted by atomic mass is 9.86. The Kier molecular flexibility index (Phi) is 8.04. The number of aromatic nitrogens is 2. The van der Waals surface area contributed by atoms with E-state index in [9.17, 15) is 4.39 Å². The van der Waals surface area contributed by atoms with Crippen LogP contribution in [0.5, 0.6) is 0 Å². The first kappa shape index (κ1) is 35.0. The van der Waals surface area contributed by atoms with E-state index < -0.39 is 0 Å². The highest BCUT2D eigenvalue weighted by atomic mass is 127. The van der Waals surface area contributed by atoms with Crippen LogP contribution in [0.2, 0.25) is 0 Å². The molecule has 0 N–H and O–H groups in total. The number of benzene rings is 10. The number of nitrogens with zero attached hydrogens (tertiary/aromatic N) is 2. The van der Waals surface area contributed by atoms with Crippen molar-refractivity contribution in [3.8, 4) is 44.8 Å². The smallest absolute Gasteiger partial charge is 0.123 e. The zero-order valence-corrected chi connectivity index (χ0v) is 34.4. The molecule has 4 heteroatoms. The third kappa shape index (κ3) is 5.44. The number of hydrogen-bond donors (Lipinski definition) is 0. The monoisotopic (exact) mass is 880 g/mol. The zero-order chi connectivity index (χ0) is 39.9. The van der Waals surface area contributed by atoms with Gasteiger partial charge in [0.05, 0.1) is 22.1 Å². The lowest BCUT2D eigenvalue weighted by Gasteiger charge is -2.18. The fourth-order valence-corrected chi connectivity index (χ4v) is 10.2. The Labute approximate surface area is 359 Å². The molecule has 0 unspecified atom stereocenters. The second-order valence-electron chi connectivity index (χ2n) is 15.5. The number of hydrogen-bond acceptors (Lipinski definition) is 0. The largest absolute Gasteiger partial charge is 0.309 e. The lowest BCUT2D eigenvalue weighted by molar-refractivity contribution is 0.629. The van der Waals surface area contributed by atoms with Crippen LogP contribution < -0.4 is 0 Å². The Hall–Kier alpha value is -7.02. The Morgan fingerprint density at radius 3 is 1.35 bits per heavy atom. The molecule has 0 aliphatic carbocycles. The molecule has 0 radical (unpaired) electrons. The van der Waals surface area contributed by atoms with Crippen LogP contribution in [0.1, 0.15) is 0 Å². The van der Waals surface area contributed by atoms with Crippen molar-refractivity contribution >= 4 is 87.7 Å². The minimum absolute atomic E-state index is 0.237. The molecule has 0 amide bonds. The van der Waals surface area contributed by atoms with Gasteiger partial charge in [-0.25, -0.2) is 4.39 Å². The van der Waals surface area contributed by atoms with Crippen molar-refractivity contribution in [2.45, 2.75) is 0 Å². The van der Waals surface area contributed by atoms with Crippen LogP contribution >= 0.6 is 22.6 Å². The van der Waals surface area contributed by atoms with E-state index in [2.05, 4.69) is 220 Å². The number of fused-ring (bicyclic) bond motifs is 8. The van der Waals surface area contributed by atoms with Gasteiger partial charge in [-0.1, -0.05) is 127 Å². The van der Waals surface area contributed by atoms with E-state index in [0.717, 1.165) is 58.9 Å². The molecule has 2 aromatic heterocycles. The van der Waals surface area contributed by atoms with Crippen molar-refractivity contribution in [2.24, 2.45) is 0 Å². The van der Waals surface area contributed by atoms with Gasteiger partial charge >= 0.3 is 0 Å². The highest BCUT2D eigenvalue weighted by Crippen LogP contribution is 2.44. The second-order valence-corrected chi connectivity index (χ2v) is 16.8.